The minimum atomic E-state index is -0.657. The molecule has 1 aromatic carbocycles. The second-order valence-corrected chi connectivity index (χ2v) is 4.23. The molecule has 96 valence electrons. The molecule has 0 fully saturated rings. The molecule has 0 bridgehead atoms. The average molecular weight is 257 g/mol. The van der Waals surface area contributed by atoms with Crippen LogP contribution in [0.1, 0.15) is 16.1 Å². The Morgan fingerprint density at radius 1 is 1.37 bits per heavy atom. The lowest BCUT2D eigenvalue weighted by Gasteiger charge is -2.09. The van der Waals surface area contributed by atoms with Gasteiger partial charge in [-0.15, -0.1) is 0 Å². The lowest BCUT2D eigenvalue weighted by Crippen LogP contribution is -2.10. The molecular formula is C13H11N3O3. The third-order valence-corrected chi connectivity index (χ3v) is 3.03. The van der Waals surface area contributed by atoms with Crippen LogP contribution >= 0.6 is 0 Å². The minimum Gasteiger partial charge on any atom is -0.505 e. The number of methoxy groups -OCH3 is 1. The zero-order chi connectivity index (χ0) is 13.6. The zero-order valence-corrected chi connectivity index (χ0v) is 10.4. The van der Waals surface area contributed by atoms with Crippen molar-refractivity contribution in [2.24, 2.45) is 0 Å². The van der Waals surface area contributed by atoms with Crippen LogP contribution in [-0.2, 0) is 4.74 Å². The normalized spacial score (nSPS) is 11.1. The van der Waals surface area contributed by atoms with Gasteiger partial charge < -0.3 is 9.84 Å². The van der Waals surface area contributed by atoms with Gasteiger partial charge in [0.15, 0.2) is 17.1 Å². The Kier molecular flexibility index (Phi) is 2.38. The lowest BCUT2D eigenvalue weighted by molar-refractivity contribution is 0.0587. The predicted molar refractivity (Wildman–Crippen MR) is 68.2 cm³/mol. The molecule has 0 amide bonds. The summed E-state index contributed by atoms with van der Waals surface area (Å²) in [6.07, 6.45) is 1.34. The molecule has 19 heavy (non-hydrogen) atoms. The van der Waals surface area contributed by atoms with E-state index in [2.05, 4.69) is 14.8 Å². The fourth-order valence-corrected chi connectivity index (χ4v) is 2.15. The smallest absolute Gasteiger partial charge is 0.360 e. The molecule has 0 aliphatic carbocycles. The molecule has 6 heteroatoms. The number of esters is 1. The van der Waals surface area contributed by atoms with E-state index >= 15 is 0 Å². The van der Waals surface area contributed by atoms with Crippen molar-refractivity contribution in [2.75, 3.05) is 7.11 Å². The van der Waals surface area contributed by atoms with Gasteiger partial charge in [-0.05, 0) is 13.0 Å². The third kappa shape index (κ3) is 1.53. The number of pyridine rings is 1. The van der Waals surface area contributed by atoms with Crippen LogP contribution in [0.2, 0.25) is 0 Å². The van der Waals surface area contributed by atoms with Crippen molar-refractivity contribution in [3.63, 3.8) is 0 Å². The summed E-state index contributed by atoms with van der Waals surface area (Å²) in [5.41, 5.74) is 1.52. The Bertz CT molecular complexity index is 808. The van der Waals surface area contributed by atoms with Crippen LogP contribution in [0.4, 0.5) is 0 Å². The average Bonchev–Trinajstić information content (AvgIpc) is 2.87. The van der Waals surface area contributed by atoms with Crippen LogP contribution in [0.5, 0.6) is 5.75 Å². The number of aromatic nitrogens is 3. The van der Waals surface area contributed by atoms with Gasteiger partial charge >= 0.3 is 5.97 Å². The van der Waals surface area contributed by atoms with Crippen molar-refractivity contribution in [1.29, 1.82) is 0 Å². The number of hydrogen-bond acceptors (Lipinski definition) is 5. The molecule has 0 aliphatic heterocycles. The SMILES string of the molecule is COC(=O)c1c(O)c2ccc(C)cc2c2ncnn12. The number of benzene rings is 1. The number of nitrogens with zero attached hydrogens (tertiary/aromatic N) is 3. The summed E-state index contributed by atoms with van der Waals surface area (Å²) in [5.74, 6) is -0.810. The summed E-state index contributed by atoms with van der Waals surface area (Å²) in [5, 5.41) is 15.5. The highest BCUT2D eigenvalue weighted by Crippen LogP contribution is 2.32. The number of ether oxygens (including phenoxy) is 1. The quantitative estimate of drug-likeness (QED) is 0.671. The molecule has 1 N–H and O–H groups in total. The fourth-order valence-electron chi connectivity index (χ4n) is 2.15. The predicted octanol–water partition coefficient (Wildman–Crippen LogP) is 1.68. The molecule has 2 aromatic heterocycles. The van der Waals surface area contributed by atoms with Crippen LogP contribution in [0.3, 0.4) is 0 Å². The molecular weight excluding hydrogens is 246 g/mol. The topological polar surface area (TPSA) is 76.7 Å². The van der Waals surface area contributed by atoms with Gasteiger partial charge in [0.1, 0.15) is 6.33 Å². The van der Waals surface area contributed by atoms with Crippen LogP contribution in [0.25, 0.3) is 16.4 Å². The van der Waals surface area contributed by atoms with Crippen LogP contribution < -0.4 is 0 Å². The summed E-state index contributed by atoms with van der Waals surface area (Å²) >= 11 is 0. The summed E-state index contributed by atoms with van der Waals surface area (Å²) in [6.45, 7) is 1.94. The molecule has 0 unspecified atom stereocenters. The van der Waals surface area contributed by atoms with E-state index in [1.807, 2.05) is 19.1 Å². The van der Waals surface area contributed by atoms with Crippen molar-refractivity contribution in [3.8, 4) is 5.75 Å². The summed E-state index contributed by atoms with van der Waals surface area (Å²) in [6, 6.07) is 5.50. The number of aromatic hydroxyl groups is 1. The first-order chi connectivity index (χ1) is 9.13. The van der Waals surface area contributed by atoms with Crippen molar-refractivity contribution in [3.05, 3.63) is 35.8 Å². The van der Waals surface area contributed by atoms with Gasteiger partial charge in [-0.3, -0.25) is 0 Å². The molecule has 0 aliphatic rings. The van der Waals surface area contributed by atoms with E-state index in [1.54, 1.807) is 6.07 Å². The Labute approximate surface area is 108 Å². The molecule has 0 saturated heterocycles. The van der Waals surface area contributed by atoms with Gasteiger partial charge in [0.2, 0.25) is 0 Å². The number of rotatable bonds is 1. The second-order valence-electron chi connectivity index (χ2n) is 4.23. The standard InChI is InChI=1S/C13H11N3O3/c1-7-3-4-8-9(5-7)12-14-6-15-16(12)10(11(8)17)13(18)19-2/h3-6,17H,1-2H3. The largest absolute Gasteiger partial charge is 0.505 e. The van der Waals surface area contributed by atoms with Gasteiger partial charge in [-0.2, -0.15) is 5.10 Å². The van der Waals surface area contributed by atoms with E-state index in [0.717, 1.165) is 10.9 Å². The fraction of sp³-hybridized carbons (Fsp3) is 0.154. The summed E-state index contributed by atoms with van der Waals surface area (Å²) in [7, 11) is 1.25. The zero-order valence-electron chi connectivity index (χ0n) is 10.4. The third-order valence-electron chi connectivity index (χ3n) is 3.03. The van der Waals surface area contributed by atoms with Gasteiger partial charge in [0, 0.05) is 10.8 Å². The molecule has 6 nitrogen and oxygen atoms in total. The number of carbonyl (C=O) groups is 1. The highest BCUT2D eigenvalue weighted by atomic mass is 16.5. The number of aryl methyl sites for hydroxylation is 1. The van der Waals surface area contributed by atoms with E-state index in [1.165, 1.54) is 18.0 Å². The van der Waals surface area contributed by atoms with Crippen LogP contribution in [-0.4, -0.2) is 32.8 Å². The van der Waals surface area contributed by atoms with Crippen LogP contribution in [0.15, 0.2) is 24.5 Å². The maximum atomic E-state index is 11.8. The Morgan fingerprint density at radius 2 is 2.16 bits per heavy atom. The van der Waals surface area contributed by atoms with Gasteiger partial charge in [-0.1, -0.05) is 17.7 Å². The molecule has 0 spiro atoms. The number of fused-ring (bicyclic) bond motifs is 3. The van der Waals surface area contributed by atoms with Crippen molar-refractivity contribution in [2.45, 2.75) is 6.92 Å². The first kappa shape index (κ1) is 11.5. The van der Waals surface area contributed by atoms with Crippen molar-refractivity contribution in [1.82, 2.24) is 14.6 Å². The Morgan fingerprint density at radius 3 is 2.89 bits per heavy atom. The van der Waals surface area contributed by atoms with E-state index in [9.17, 15) is 9.90 Å². The number of hydrogen-bond donors (Lipinski definition) is 1. The molecule has 0 atom stereocenters. The lowest BCUT2D eigenvalue weighted by atomic mass is 10.1. The maximum Gasteiger partial charge on any atom is 0.360 e. The van der Waals surface area contributed by atoms with E-state index in [-0.39, 0.29) is 11.4 Å². The monoisotopic (exact) mass is 257 g/mol. The summed E-state index contributed by atoms with van der Waals surface area (Å²) in [4.78, 5) is 15.9. The highest BCUT2D eigenvalue weighted by Gasteiger charge is 2.21. The molecule has 0 saturated carbocycles. The first-order valence-electron chi connectivity index (χ1n) is 5.67. The van der Waals surface area contributed by atoms with Gasteiger partial charge in [0.05, 0.1) is 7.11 Å². The minimum absolute atomic E-state index is 0.0219. The van der Waals surface area contributed by atoms with Crippen LogP contribution in [0, 0.1) is 6.92 Å². The molecule has 0 radical (unpaired) electrons. The number of carbonyl (C=O) groups excluding carboxylic acids is 1. The van der Waals surface area contributed by atoms with E-state index in [4.69, 9.17) is 0 Å². The Hall–Kier alpha value is -2.63. The molecule has 2 heterocycles. The van der Waals surface area contributed by atoms with E-state index < -0.39 is 5.97 Å². The second kappa shape index (κ2) is 3.94. The van der Waals surface area contributed by atoms with Crippen molar-refractivity contribution < 1.29 is 14.6 Å². The van der Waals surface area contributed by atoms with Gasteiger partial charge in [-0.25, -0.2) is 14.3 Å². The summed E-state index contributed by atoms with van der Waals surface area (Å²) < 4.78 is 5.97. The maximum absolute atomic E-state index is 11.8. The molecule has 3 rings (SSSR count). The van der Waals surface area contributed by atoms with Gasteiger partial charge in [0.25, 0.3) is 0 Å². The van der Waals surface area contributed by atoms with E-state index in [0.29, 0.717) is 11.0 Å². The Balaban J connectivity index is 2.55. The van der Waals surface area contributed by atoms with Crippen molar-refractivity contribution >= 4 is 22.4 Å². The molecule has 3 aromatic rings. The highest BCUT2D eigenvalue weighted by molar-refractivity contribution is 6.05. The first-order valence-corrected chi connectivity index (χ1v) is 5.67.